The zero-order chi connectivity index (χ0) is 14.1. The Morgan fingerprint density at radius 3 is 2.32 bits per heavy atom. The van der Waals surface area contributed by atoms with Crippen molar-refractivity contribution in [1.29, 1.82) is 0 Å². The lowest BCUT2D eigenvalue weighted by Gasteiger charge is -2.10. The number of aliphatic carboxylic acids is 2. The van der Waals surface area contributed by atoms with E-state index >= 15 is 0 Å². The number of carboxylic acids is 2. The summed E-state index contributed by atoms with van der Waals surface area (Å²) in [5, 5.41) is 18.3. The van der Waals surface area contributed by atoms with Gasteiger partial charge in [-0.25, -0.2) is 9.59 Å². The van der Waals surface area contributed by atoms with Gasteiger partial charge in [-0.15, -0.1) is 0 Å². The van der Waals surface area contributed by atoms with Crippen molar-refractivity contribution < 1.29 is 19.8 Å². The summed E-state index contributed by atoms with van der Waals surface area (Å²) >= 11 is 0. The first-order valence-electron chi connectivity index (χ1n) is 6.19. The van der Waals surface area contributed by atoms with Gasteiger partial charge in [0.25, 0.3) is 0 Å². The molecule has 1 heterocycles. The number of carboxylic acid groups (broad SMARTS) is 2. The fourth-order valence-corrected chi connectivity index (χ4v) is 1.88. The van der Waals surface area contributed by atoms with E-state index in [9.17, 15) is 0 Å². The molecule has 0 bridgehead atoms. The zero-order valence-electron chi connectivity index (χ0n) is 10.6. The molecule has 19 heavy (non-hydrogen) atoms. The molecule has 2 rings (SSSR count). The minimum Gasteiger partial charge on any atom is -0.473 e. The highest BCUT2D eigenvalue weighted by atomic mass is 16.4. The Bertz CT molecular complexity index is 390. The van der Waals surface area contributed by atoms with Crippen LogP contribution >= 0.6 is 0 Å². The first-order valence-corrected chi connectivity index (χ1v) is 6.19. The normalized spacial score (nSPS) is 14.5. The number of carbonyl (C=O) groups is 2. The molecule has 1 aliphatic carbocycles. The summed E-state index contributed by atoms with van der Waals surface area (Å²) in [5.74, 6) is -3.65. The van der Waals surface area contributed by atoms with Crippen molar-refractivity contribution in [2.45, 2.75) is 38.3 Å². The molecule has 1 aromatic rings. The number of rotatable bonds is 3. The minimum absolute atomic E-state index is 0.738. The number of aromatic nitrogens is 1. The van der Waals surface area contributed by atoms with Crippen LogP contribution in [0.2, 0.25) is 0 Å². The average Bonchev–Trinajstić information content (AvgIpc) is 2.91. The third kappa shape index (κ3) is 6.52. The highest BCUT2D eigenvalue weighted by molar-refractivity contribution is 6.27. The van der Waals surface area contributed by atoms with Crippen LogP contribution in [0.15, 0.2) is 24.4 Å². The molecule has 0 unspecified atom stereocenters. The van der Waals surface area contributed by atoms with Crippen LogP contribution in [-0.2, 0) is 16.1 Å². The van der Waals surface area contributed by atoms with Gasteiger partial charge in [0.2, 0.25) is 0 Å². The summed E-state index contributed by atoms with van der Waals surface area (Å²) in [5.41, 5.74) is 1.15. The van der Waals surface area contributed by atoms with Crippen LogP contribution < -0.4 is 5.32 Å². The zero-order valence-corrected chi connectivity index (χ0v) is 10.6. The van der Waals surface area contributed by atoms with Gasteiger partial charge in [-0.05, 0) is 25.0 Å². The van der Waals surface area contributed by atoms with Crippen molar-refractivity contribution in [2.75, 3.05) is 0 Å². The lowest BCUT2D eigenvalue weighted by Crippen LogP contribution is -2.25. The van der Waals surface area contributed by atoms with Gasteiger partial charge in [0.15, 0.2) is 0 Å². The fourth-order valence-electron chi connectivity index (χ4n) is 1.88. The van der Waals surface area contributed by atoms with Crippen LogP contribution in [0.25, 0.3) is 0 Å². The van der Waals surface area contributed by atoms with Gasteiger partial charge in [-0.3, -0.25) is 4.98 Å². The molecule has 3 N–H and O–H groups in total. The molecular weight excluding hydrogens is 248 g/mol. The molecule has 0 saturated heterocycles. The molecule has 0 aromatic carbocycles. The molecule has 0 amide bonds. The molecule has 1 fully saturated rings. The Kier molecular flexibility index (Phi) is 6.52. The third-order valence-electron chi connectivity index (χ3n) is 2.84. The van der Waals surface area contributed by atoms with E-state index in [2.05, 4.69) is 16.4 Å². The van der Waals surface area contributed by atoms with Crippen LogP contribution in [0.5, 0.6) is 0 Å². The van der Waals surface area contributed by atoms with Crippen molar-refractivity contribution in [3.63, 3.8) is 0 Å². The van der Waals surface area contributed by atoms with E-state index in [1.54, 1.807) is 0 Å². The molecule has 0 spiro atoms. The monoisotopic (exact) mass is 266 g/mol. The van der Waals surface area contributed by atoms with E-state index in [-0.39, 0.29) is 0 Å². The number of hydrogen-bond donors (Lipinski definition) is 3. The summed E-state index contributed by atoms with van der Waals surface area (Å²) in [7, 11) is 0. The Morgan fingerprint density at radius 1 is 1.21 bits per heavy atom. The van der Waals surface area contributed by atoms with Crippen LogP contribution in [0.3, 0.4) is 0 Å². The van der Waals surface area contributed by atoms with Crippen molar-refractivity contribution in [2.24, 2.45) is 0 Å². The standard InChI is InChI=1S/C11H16N2.C2H2O4/c1-2-6-10(5-1)13-9-11-7-3-4-8-12-11;3-1(4)2(5)6/h3-4,7-8,10,13H,1-2,5-6,9H2;(H,3,4)(H,5,6). The molecule has 6 heteroatoms. The molecule has 0 aliphatic heterocycles. The van der Waals surface area contributed by atoms with Crippen molar-refractivity contribution in [3.05, 3.63) is 30.1 Å². The van der Waals surface area contributed by atoms with Crippen LogP contribution in [-0.4, -0.2) is 33.2 Å². The molecule has 104 valence electrons. The lowest BCUT2D eigenvalue weighted by atomic mass is 10.2. The number of hydrogen-bond acceptors (Lipinski definition) is 4. The summed E-state index contributed by atoms with van der Waals surface area (Å²) in [6.45, 7) is 0.922. The molecule has 0 radical (unpaired) electrons. The largest absolute Gasteiger partial charge is 0.473 e. The fraction of sp³-hybridized carbons (Fsp3) is 0.462. The topological polar surface area (TPSA) is 99.5 Å². The number of nitrogens with one attached hydrogen (secondary N) is 1. The van der Waals surface area contributed by atoms with Crippen LogP contribution in [0.1, 0.15) is 31.4 Å². The average molecular weight is 266 g/mol. The Morgan fingerprint density at radius 2 is 1.84 bits per heavy atom. The first kappa shape index (κ1) is 15.1. The summed E-state index contributed by atoms with van der Waals surface area (Å²) in [4.78, 5) is 22.5. The van der Waals surface area contributed by atoms with Gasteiger partial charge in [0.05, 0.1) is 5.69 Å². The highest BCUT2D eigenvalue weighted by Gasteiger charge is 2.13. The van der Waals surface area contributed by atoms with E-state index < -0.39 is 11.9 Å². The Labute approximate surface area is 111 Å². The van der Waals surface area contributed by atoms with Gasteiger partial charge in [-0.1, -0.05) is 18.9 Å². The van der Waals surface area contributed by atoms with Crippen molar-refractivity contribution >= 4 is 11.9 Å². The van der Waals surface area contributed by atoms with E-state index in [1.807, 2.05) is 18.3 Å². The van der Waals surface area contributed by atoms with E-state index in [4.69, 9.17) is 19.8 Å². The molecule has 1 saturated carbocycles. The first-order chi connectivity index (χ1) is 9.09. The second kappa shape index (κ2) is 8.20. The molecular formula is C13H18N2O4. The lowest BCUT2D eigenvalue weighted by molar-refractivity contribution is -0.159. The van der Waals surface area contributed by atoms with E-state index in [1.165, 1.54) is 25.7 Å². The van der Waals surface area contributed by atoms with E-state index in [0.717, 1.165) is 18.3 Å². The molecule has 6 nitrogen and oxygen atoms in total. The Hall–Kier alpha value is -1.95. The minimum atomic E-state index is -1.82. The smallest absolute Gasteiger partial charge is 0.414 e. The van der Waals surface area contributed by atoms with Gasteiger partial charge in [0, 0.05) is 18.8 Å². The second-order valence-corrected chi connectivity index (χ2v) is 4.29. The maximum atomic E-state index is 9.10. The van der Waals surface area contributed by atoms with Crippen LogP contribution in [0.4, 0.5) is 0 Å². The molecule has 1 aromatic heterocycles. The maximum Gasteiger partial charge on any atom is 0.414 e. The number of nitrogens with zero attached hydrogens (tertiary/aromatic N) is 1. The molecule has 1 aliphatic rings. The van der Waals surface area contributed by atoms with Gasteiger partial charge < -0.3 is 15.5 Å². The van der Waals surface area contributed by atoms with Gasteiger partial charge in [0.1, 0.15) is 0 Å². The van der Waals surface area contributed by atoms with Crippen molar-refractivity contribution in [1.82, 2.24) is 10.3 Å². The molecule has 0 atom stereocenters. The summed E-state index contributed by atoms with van der Waals surface area (Å²) in [6.07, 6.45) is 7.31. The maximum absolute atomic E-state index is 9.10. The van der Waals surface area contributed by atoms with E-state index in [0.29, 0.717) is 0 Å². The van der Waals surface area contributed by atoms with Gasteiger partial charge >= 0.3 is 11.9 Å². The summed E-state index contributed by atoms with van der Waals surface area (Å²) in [6, 6.07) is 6.81. The van der Waals surface area contributed by atoms with Gasteiger partial charge in [-0.2, -0.15) is 0 Å². The predicted octanol–water partition coefficient (Wildman–Crippen LogP) is 1.27. The summed E-state index contributed by atoms with van der Waals surface area (Å²) < 4.78 is 0. The quantitative estimate of drug-likeness (QED) is 0.712. The predicted molar refractivity (Wildman–Crippen MR) is 68.6 cm³/mol. The highest BCUT2D eigenvalue weighted by Crippen LogP contribution is 2.17. The SMILES string of the molecule is O=C(O)C(=O)O.c1ccc(CNC2CCCC2)nc1. The third-order valence-corrected chi connectivity index (χ3v) is 2.84. The Balaban J connectivity index is 0.000000258. The van der Waals surface area contributed by atoms with Crippen molar-refractivity contribution in [3.8, 4) is 0 Å². The number of pyridine rings is 1. The second-order valence-electron chi connectivity index (χ2n) is 4.29. The van der Waals surface area contributed by atoms with Crippen LogP contribution in [0, 0.1) is 0 Å².